The SMILES string of the molecule is Cc1ncc(C=CCCNC(=O)OCC2c3ccccc3-c3ccccc32)cn1. The summed E-state index contributed by atoms with van der Waals surface area (Å²) >= 11 is 0. The van der Waals surface area contributed by atoms with Gasteiger partial charge in [-0.1, -0.05) is 60.7 Å². The molecule has 1 aliphatic rings. The largest absolute Gasteiger partial charge is 0.449 e. The molecule has 1 N–H and O–H groups in total. The number of benzene rings is 2. The molecule has 1 heterocycles. The maximum atomic E-state index is 12.1. The van der Waals surface area contributed by atoms with Crippen molar-refractivity contribution in [3.63, 3.8) is 0 Å². The summed E-state index contributed by atoms with van der Waals surface area (Å²) in [6, 6.07) is 16.6. The van der Waals surface area contributed by atoms with Crippen LogP contribution in [-0.2, 0) is 4.74 Å². The molecule has 146 valence electrons. The van der Waals surface area contributed by atoms with Gasteiger partial charge in [0.1, 0.15) is 12.4 Å². The van der Waals surface area contributed by atoms with Crippen molar-refractivity contribution in [1.82, 2.24) is 15.3 Å². The van der Waals surface area contributed by atoms with Gasteiger partial charge in [-0.25, -0.2) is 14.8 Å². The Labute approximate surface area is 170 Å². The van der Waals surface area contributed by atoms with Gasteiger partial charge in [-0.3, -0.25) is 0 Å². The second-order valence-corrected chi connectivity index (χ2v) is 7.01. The molecule has 0 aliphatic heterocycles. The van der Waals surface area contributed by atoms with Gasteiger partial charge in [0.05, 0.1) is 0 Å². The highest BCUT2D eigenvalue weighted by Crippen LogP contribution is 2.44. The number of aryl methyl sites for hydroxylation is 1. The van der Waals surface area contributed by atoms with Crippen LogP contribution in [0.2, 0.25) is 0 Å². The van der Waals surface area contributed by atoms with Gasteiger partial charge in [-0.2, -0.15) is 0 Å². The third-order valence-corrected chi connectivity index (χ3v) is 5.04. The first kappa shape index (κ1) is 18.9. The smallest absolute Gasteiger partial charge is 0.407 e. The van der Waals surface area contributed by atoms with Crippen molar-refractivity contribution in [3.8, 4) is 11.1 Å². The number of fused-ring (bicyclic) bond motifs is 3. The Morgan fingerprint density at radius 1 is 1.03 bits per heavy atom. The summed E-state index contributed by atoms with van der Waals surface area (Å²) < 4.78 is 5.52. The summed E-state index contributed by atoms with van der Waals surface area (Å²) in [4.78, 5) is 20.4. The van der Waals surface area contributed by atoms with Crippen molar-refractivity contribution in [1.29, 1.82) is 0 Å². The molecular formula is C24H23N3O2. The maximum Gasteiger partial charge on any atom is 0.407 e. The van der Waals surface area contributed by atoms with Crippen molar-refractivity contribution < 1.29 is 9.53 Å². The number of alkyl carbamates (subject to hydrolysis) is 1. The molecule has 2 aromatic carbocycles. The number of carbonyl (C=O) groups is 1. The van der Waals surface area contributed by atoms with Crippen molar-refractivity contribution >= 4 is 12.2 Å². The lowest BCUT2D eigenvalue weighted by Crippen LogP contribution is -2.26. The number of carbonyl (C=O) groups excluding carboxylic acids is 1. The zero-order valence-corrected chi connectivity index (χ0v) is 16.3. The van der Waals surface area contributed by atoms with Crippen LogP contribution in [0.1, 0.15) is 34.9 Å². The van der Waals surface area contributed by atoms with E-state index in [1.165, 1.54) is 22.3 Å². The van der Waals surface area contributed by atoms with E-state index in [-0.39, 0.29) is 12.0 Å². The molecule has 0 saturated carbocycles. The lowest BCUT2D eigenvalue weighted by Gasteiger charge is -2.14. The second kappa shape index (κ2) is 8.69. The van der Waals surface area contributed by atoms with Crippen molar-refractivity contribution in [3.05, 3.63) is 89.5 Å². The van der Waals surface area contributed by atoms with E-state index >= 15 is 0 Å². The number of rotatable bonds is 6. The molecule has 3 aromatic rings. The highest BCUT2D eigenvalue weighted by Gasteiger charge is 2.28. The zero-order chi connectivity index (χ0) is 20.1. The van der Waals surface area contributed by atoms with Crippen LogP contribution in [0.3, 0.4) is 0 Å². The molecule has 1 amide bonds. The summed E-state index contributed by atoms with van der Waals surface area (Å²) in [6.45, 7) is 2.70. The normalized spacial score (nSPS) is 12.6. The summed E-state index contributed by atoms with van der Waals surface area (Å²) in [5.41, 5.74) is 5.82. The topological polar surface area (TPSA) is 64.1 Å². The number of hydrogen-bond acceptors (Lipinski definition) is 4. The first-order chi connectivity index (χ1) is 14.2. The molecule has 0 spiro atoms. The Bertz CT molecular complexity index is 983. The van der Waals surface area contributed by atoms with E-state index in [1.807, 2.05) is 43.3 Å². The average molecular weight is 385 g/mol. The molecule has 5 heteroatoms. The van der Waals surface area contributed by atoms with Crippen LogP contribution in [0.4, 0.5) is 4.79 Å². The lowest BCUT2D eigenvalue weighted by atomic mass is 9.98. The summed E-state index contributed by atoms with van der Waals surface area (Å²) in [5.74, 6) is 0.827. The predicted octanol–water partition coefficient (Wildman–Crippen LogP) is 4.73. The third-order valence-electron chi connectivity index (χ3n) is 5.04. The van der Waals surface area contributed by atoms with Gasteiger partial charge >= 0.3 is 6.09 Å². The number of ether oxygens (including phenoxy) is 1. The first-order valence-electron chi connectivity index (χ1n) is 9.76. The molecule has 0 bridgehead atoms. The number of nitrogens with zero attached hydrogens (tertiary/aromatic N) is 2. The van der Waals surface area contributed by atoms with Gasteiger partial charge in [0, 0.05) is 30.4 Å². The molecule has 0 unspecified atom stereocenters. The maximum absolute atomic E-state index is 12.1. The van der Waals surface area contributed by atoms with Gasteiger partial charge in [0.25, 0.3) is 0 Å². The van der Waals surface area contributed by atoms with Gasteiger partial charge in [0.2, 0.25) is 0 Å². The number of amides is 1. The number of nitrogens with one attached hydrogen (secondary N) is 1. The van der Waals surface area contributed by atoms with Gasteiger partial charge in [-0.05, 0) is 35.6 Å². The Kier molecular flexibility index (Phi) is 5.66. The minimum Gasteiger partial charge on any atom is -0.449 e. The number of aromatic nitrogens is 2. The van der Waals surface area contributed by atoms with Crippen LogP contribution >= 0.6 is 0 Å². The summed E-state index contributed by atoms with van der Waals surface area (Å²) in [5, 5.41) is 2.81. The van der Waals surface area contributed by atoms with Gasteiger partial charge in [0.15, 0.2) is 0 Å². The highest BCUT2D eigenvalue weighted by molar-refractivity contribution is 5.79. The molecule has 5 nitrogen and oxygen atoms in total. The van der Waals surface area contributed by atoms with E-state index in [2.05, 4.69) is 39.6 Å². The van der Waals surface area contributed by atoms with Crippen molar-refractivity contribution in [2.24, 2.45) is 0 Å². The minimum absolute atomic E-state index is 0.0783. The van der Waals surface area contributed by atoms with Crippen LogP contribution in [0, 0.1) is 6.92 Å². The Hall–Kier alpha value is -3.47. The molecule has 1 aliphatic carbocycles. The Morgan fingerprint density at radius 3 is 2.31 bits per heavy atom. The highest BCUT2D eigenvalue weighted by atomic mass is 16.5. The Morgan fingerprint density at radius 2 is 1.66 bits per heavy atom. The summed E-state index contributed by atoms with van der Waals surface area (Å²) in [6.07, 6.45) is 7.79. The quantitative estimate of drug-likeness (QED) is 0.623. The van der Waals surface area contributed by atoms with Crippen LogP contribution in [0.5, 0.6) is 0 Å². The monoisotopic (exact) mass is 385 g/mol. The zero-order valence-electron chi connectivity index (χ0n) is 16.3. The van der Waals surface area contributed by atoms with Crippen LogP contribution < -0.4 is 5.32 Å². The van der Waals surface area contributed by atoms with E-state index in [4.69, 9.17) is 4.74 Å². The van der Waals surface area contributed by atoms with Crippen molar-refractivity contribution in [2.75, 3.05) is 13.2 Å². The van der Waals surface area contributed by atoms with E-state index in [0.717, 1.165) is 11.4 Å². The van der Waals surface area contributed by atoms with E-state index in [9.17, 15) is 4.79 Å². The Balaban J connectivity index is 1.27. The van der Waals surface area contributed by atoms with Crippen LogP contribution in [0.25, 0.3) is 17.2 Å². The van der Waals surface area contributed by atoms with Crippen molar-refractivity contribution in [2.45, 2.75) is 19.3 Å². The molecule has 0 saturated heterocycles. The third kappa shape index (κ3) is 4.35. The average Bonchev–Trinajstić information content (AvgIpc) is 3.07. The molecule has 4 rings (SSSR count). The van der Waals surface area contributed by atoms with E-state index < -0.39 is 0 Å². The van der Waals surface area contributed by atoms with E-state index in [0.29, 0.717) is 19.6 Å². The fourth-order valence-corrected chi connectivity index (χ4v) is 3.62. The molecule has 0 fully saturated rings. The lowest BCUT2D eigenvalue weighted by molar-refractivity contribution is 0.143. The molecular weight excluding hydrogens is 362 g/mol. The molecule has 1 aromatic heterocycles. The molecule has 29 heavy (non-hydrogen) atoms. The minimum atomic E-state index is -0.390. The fraction of sp³-hybridized carbons (Fsp3) is 0.208. The predicted molar refractivity (Wildman–Crippen MR) is 113 cm³/mol. The van der Waals surface area contributed by atoms with Gasteiger partial charge < -0.3 is 10.1 Å². The van der Waals surface area contributed by atoms with Gasteiger partial charge in [-0.15, -0.1) is 0 Å². The first-order valence-corrected chi connectivity index (χ1v) is 9.76. The molecule has 0 atom stereocenters. The van der Waals surface area contributed by atoms with Crippen LogP contribution in [0.15, 0.2) is 67.0 Å². The summed E-state index contributed by atoms with van der Waals surface area (Å²) in [7, 11) is 0. The second-order valence-electron chi connectivity index (χ2n) is 7.01. The fourth-order valence-electron chi connectivity index (χ4n) is 3.62. The number of hydrogen-bond donors (Lipinski definition) is 1. The van der Waals surface area contributed by atoms with Crippen LogP contribution in [-0.4, -0.2) is 29.2 Å². The molecule has 0 radical (unpaired) electrons. The van der Waals surface area contributed by atoms with E-state index in [1.54, 1.807) is 12.4 Å². The standard InChI is InChI=1S/C24H23N3O2/c1-17-26-14-18(15-27-17)8-6-7-13-25-24(28)29-16-23-21-11-4-2-9-19(21)20-10-3-5-12-22(20)23/h2-6,8-12,14-15,23H,7,13,16H2,1H3,(H,25,28).